The van der Waals surface area contributed by atoms with Gasteiger partial charge in [-0.15, -0.1) is 0 Å². The van der Waals surface area contributed by atoms with E-state index in [2.05, 4.69) is 33.9 Å². The number of phenols is 1. The molecule has 198 valence electrons. The van der Waals surface area contributed by atoms with Gasteiger partial charge in [-0.2, -0.15) is 0 Å². The van der Waals surface area contributed by atoms with E-state index in [4.69, 9.17) is 32.8 Å². The Hall–Kier alpha value is -2.46. The van der Waals surface area contributed by atoms with E-state index >= 15 is 0 Å². The van der Waals surface area contributed by atoms with Crippen molar-refractivity contribution in [3.8, 4) is 28.7 Å². The standard InChI is InChI=1S/C27H38O8Si/c1-26(2,3)36(7,8)33-16-23-25(17-13-21(29-5)24(28)22(14-17)30-6)35-20-15-18(9-10-19(20)34-23)27(4)31-11-12-32-27/h9-10,13-15,23,25,28H,11-12,16H2,1-8H3/t23-,25-/m1/s1. The number of hydrogen-bond donors (Lipinski definition) is 1. The van der Waals surface area contributed by atoms with Gasteiger partial charge in [-0.05, 0) is 55.4 Å². The highest BCUT2D eigenvalue weighted by Gasteiger charge is 2.42. The zero-order valence-electron chi connectivity index (χ0n) is 22.5. The van der Waals surface area contributed by atoms with Crippen LogP contribution in [0.4, 0.5) is 0 Å². The van der Waals surface area contributed by atoms with Gasteiger partial charge in [0.2, 0.25) is 5.75 Å². The first-order chi connectivity index (χ1) is 16.9. The van der Waals surface area contributed by atoms with Gasteiger partial charge in [-0.1, -0.05) is 20.8 Å². The van der Waals surface area contributed by atoms with E-state index in [0.717, 1.165) is 11.1 Å². The largest absolute Gasteiger partial charge is 0.502 e. The summed E-state index contributed by atoms with van der Waals surface area (Å²) in [5.74, 6) is 0.876. The van der Waals surface area contributed by atoms with Crippen LogP contribution in [0.25, 0.3) is 0 Å². The molecule has 0 radical (unpaired) electrons. The lowest BCUT2D eigenvalue weighted by Gasteiger charge is -2.40. The molecular formula is C27H38O8Si. The van der Waals surface area contributed by atoms with Gasteiger partial charge in [-0.25, -0.2) is 0 Å². The minimum Gasteiger partial charge on any atom is -0.502 e. The molecule has 2 aliphatic heterocycles. The van der Waals surface area contributed by atoms with Crippen molar-refractivity contribution < 1.29 is 38.0 Å². The quantitative estimate of drug-likeness (QED) is 0.479. The highest BCUT2D eigenvalue weighted by Crippen LogP contribution is 2.46. The van der Waals surface area contributed by atoms with Gasteiger partial charge in [0.1, 0.15) is 0 Å². The Morgan fingerprint density at radius 2 is 1.58 bits per heavy atom. The molecule has 1 N–H and O–H groups in total. The third-order valence-corrected chi connectivity index (χ3v) is 11.9. The van der Waals surface area contributed by atoms with Crippen molar-refractivity contribution in [2.75, 3.05) is 34.0 Å². The number of benzene rings is 2. The van der Waals surface area contributed by atoms with Crippen LogP contribution in [0.15, 0.2) is 30.3 Å². The summed E-state index contributed by atoms with van der Waals surface area (Å²) in [7, 11) is 0.947. The number of aromatic hydroxyl groups is 1. The summed E-state index contributed by atoms with van der Waals surface area (Å²) in [5, 5.41) is 10.5. The monoisotopic (exact) mass is 518 g/mol. The molecule has 8 nitrogen and oxygen atoms in total. The third kappa shape index (κ3) is 5.02. The number of rotatable bonds is 7. The van der Waals surface area contributed by atoms with Gasteiger partial charge >= 0.3 is 0 Å². The summed E-state index contributed by atoms with van der Waals surface area (Å²) in [6.07, 6.45) is -0.981. The molecule has 9 heteroatoms. The minimum atomic E-state index is -2.05. The second-order valence-corrected chi connectivity index (χ2v) is 15.7. The molecule has 36 heavy (non-hydrogen) atoms. The molecule has 1 fully saturated rings. The molecule has 0 spiro atoms. The summed E-state index contributed by atoms with van der Waals surface area (Å²) < 4.78 is 42.1. The van der Waals surface area contributed by atoms with Crippen LogP contribution in [0.1, 0.15) is 44.9 Å². The molecule has 0 aliphatic carbocycles. The number of methoxy groups -OCH3 is 2. The van der Waals surface area contributed by atoms with Gasteiger partial charge < -0.3 is 38.0 Å². The lowest BCUT2D eigenvalue weighted by Crippen LogP contribution is -2.46. The summed E-state index contributed by atoms with van der Waals surface area (Å²) in [4.78, 5) is 0. The van der Waals surface area contributed by atoms with Crippen LogP contribution in [0.2, 0.25) is 18.1 Å². The first-order valence-electron chi connectivity index (χ1n) is 12.2. The highest BCUT2D eigenvalue weighted by molar-refractivity contribution is 6.74. The van der Waals surface area contributed by atoms with Gasteiger partial charge in [-0.3, -0.25) is 0 Å². The average molecular weight is 519 g/mol. The normalized spacial score (nSPS) is 21.3. The molecule has 2 atom stereocenters. The van der Waals surface area contributed by atoms with E-state index in [1.54, 1.807) is 12.1 Å². The van der Waals surface area contributed by atoms with Crippen LogP contribution in [0, 0.1) is 0 Å². The zero-order valence-corrected chi connectivity index (χ0v) is 23.5. The SMILES string of the molecule is COc1cc([C@H]2Oc3cc(C4(C)OCCO4)ccc3O[C@@H]2CO[Si](C)(C)C(C)(C)C)cc(OC)c1O. The smallest absolute Gasteiger partial charge is 0.200 e. The van der Waals surface area contributed by atoms with Gasteiger partial charge in [0, 0.05) is 11.1 Å². The molecule has 2 heterocycles. The van der Waals surface area contributed by atoms with Crippen LogP contribution in [-0.4, -0.2) is 53.6 Å². The summed E-state index contributed by atoms with van der Waals surface area (Å²) >= 11 is 0. The fourth-order valence-corrected chi connectivity index (χ4v) is 5.10. The van der Waals surface area contributed by atoms with Gasteiger partial charge in [0.15, 0.2) is 49.3 Å². The summed E-state index contributed by atoms with van der Waals surface area (Å²) in [6, 6.07) is 9.20. The third-order valence-electron chi connectivity index (χ3n) is 7.42. The zero-order chi connectivity index (χ0) is 26.3. The van der Waals surface area contributed by atoms with Crippen molar-refractivity contribution in [3.05, 3.63) is 41.5 Å². The lowest BCUT2D eigenvalue weighted by atomic mass is 10.0. The second-order valence-electron chi connectivity index (χ2n) is 10.8. The van der Waals surface area contributed by atoms with E-state index in [0.29, 0.717) is 31.3 Å². The first-order valence-corrected chi connectivity index (χ1v) is 15.1. The molecule has 4 rings (SSSR count). The lowest BCUT2D eigenvalue weighted by molar-refractivity contribution is -0.150. The number of fused-ring (bicyclic) bond motifs is 1. The first kappa shape index (κ1) is 26.6. The molecule has 0 unspecified atom stereocenters. The van der Waals surface area contributed by atoms with E-state index in [9.17, 15) is 5.11 Å². The van der Waals surface area contributed by atoms with Crippen molar-refractivity contribution in [2.45, 2.75) is 63.8 Å². The fourth-order valence-electron chi connectivity index (χ4n) is 4.09. The number of phenolic OH excluding ortho intramolecular Hbond substituents is 1. The van der Waals surface area contributed by atoms with Crippen molar-refractivity contribution in [3.63, 3.8) is 0 Å². The molecule has 0 amide bonds. The molecule has 0 saturated carbocycles. The topological polar surface area (TPSA) is 84.8 Å². The molecule has 2 aliphatic rings. The van der Waals surface area contributed by atoms with Crippen LogP contribution < -0.4 is 18.9 Å². The summed E-state index contributed by atoms with van der Waals surface area (Å²) in [6.45, 7) is 14.3. The molecular weight excluding hydrogens is 480 g/mol. The Morgan fingerprint density at radius 1 is 0.972 bits per heavy atom. The van der Waals surface area contributed by atoms with E-state index in [1.165, 1.54) is 14.2 Å². The number of ether oxygens (including phenoxy) is 6. The highest BCUT2D eigenvalue weighted by atomic mass is 28.4. The maximum absolute atomic E-state index is 10.5. The second kappa shape index (κ2) is 9.78. The van der Waals surface area contributed by atoms with Crippen molar-refractivity contribution >= 4 is 8.32 Å². The van der Waals surface area contributed by atoms with Crippen molar-refractivity contribution in [2.24, 2.45) is 0 Å². The van der Waals surface area contributed by atoms with Gasteiger partial charge in [0.25, 0.3) is 0 Å². The Morgan fingerprint density at radius 3 is 2.14 bits per heavy atom. The molecule has 1 saturated heterocycles. The minimum absolute atomic E-state index is 0.0481. The van der Waals surface area contributed by atoms with E-state index in [-0.39, 0.29) is 22.3 Å². The average Bonchev–Trinajstić information content (AvgIpc) is 3.29. The Kier molecular flexibility index (Phi) is 7.22. The molecule has 2 aromatic carbocycles. The van der Waals surface area contributed by atoms with Crippen molar-refractivity contribution in [1.82, 2.24) is 0 Å². The molecule has 2 aromatic rings. The van der Waals surface area contributed by atoms with Gasteiger partial charge in [0.05, 0.1) is 34.0 Å². The Balaban J connectivity index is 1.72. The van der Waals surface area contributed by atoms with E-state index in [1.807, 2.05) is 25.1 Å². The Labute approximate surface area is 214 Å². The maximum atomic E-state index is 10.5. The van der Waals surface area contributed by atoms with Crippen LogP contribution in [-0.2, 0) is 19.7 Å². The predicted octanol–water partition coefficient (Wildman–Crippen LogP) is 5.53. The molecule has 0 aromatic heterocycles. The summed E-state index contributed by atoms with van der Waals surface area (Å²) in [5.41, 5.74) is 1.58. The predicted molar refractivity (Wildman–Crippen MR) is 138 cm³/mol. The van der Waals surface area contributed by atoms with Crippen LogP contribution in [0.3, 0.4) is 0 Å². The van der Waals surface area contributed by atoms with Crippen LogP contribution in [0.5, 0.6) is 28.7 Å². The number of hydrogen-bond acceptors (Lipinski definition) is 8. The van der Waals surface area contributed by atoms with Crippen molar-refractivity contribution in [1.29, 1.82) is 0 Å². The van der Waals surface area contributed by atoms with E-state index < -0.39 is 26.3 Å². The van der Waals surface area contributed by atoms with Crippen LogP contribution >= 0.6 is 0 Å². The molecule has 0 bridgehead atoms. The Bertz CT molecular complexity index is 1060. The maximum Gasteiger partial charge on any atom is 0.200 e. The fraction of sp³-hybridized carbons (Fsp3) is 0.556.